The summed E-state index contributed by atoms with van der Waals surface area (Å²) in [7, 11) is 0. The van der Waals surface area contributed by atoms with Crippen LogP contribution in [0.25, 0.3) is 10.9 Å². The number of H-pyrrole nitrogens is 1. The number of nitrogens with one attached hydrogen (secondary N) is 1. The summed E-state index contributed by atoms with van der Waals surface area (Å²) in [5.41, 5.74) is 2.17. The summed E-state index contributed by atoms with van der Waals surface area (Å²) in [5, 5.41) is 0.435. The number of pyridine rings is 1. The van der Waals surface area contributed by atoms with E-state index in [-0.39, 0.29) is 16.5 Å². The van der Waals surface area contributed by atoms with Gasteiger partial charge in [0, 0.05) is 22.2 Å². The Kier molecular flexibility index (Phi) is 5.27. The number of fused-ring (bicyclic) bond motifs is 1. The first-order valence-corrected chi connectivity index (χ1v) is 7.53. The maximum absolute atomic E-state index is 12.6. The van der Waals surface area contributed by atoms with Gasteiger partial charge in [-0.2, -0.15) is 0 Å². The van der Waals surface area contributed by atoms with E-state index in [0.29, 0.717) is 28.5 Å². The van der Waals surface area contributed by atoms with Gasteiger partial charge in [0.1, 0.15) is 4.49 Å². The predicted molar refractivity (Wildman–Crippen MR) is 88.8 cm³/mol. The van der Waals surface area contributed by atoms with Gasteiger partial charge >= 0.3 is 5.97 Å². The standard InChI is InChI=1S/C16H15Cl2NO3/c1-3-22-16(21)10-4-6-13-12(8-10)15(20)11(9(2)19-13)5-7-14(17)18/h4,6-8H,3,5H2,1-2H3,(H,19,20). The number of carbonyl (C=O) groups excluding carboxylic acids is 1. The molecular weight excluding hydrogens is 325 g/mol. The fraction of sp³-hybridized carbons (Fsp3) is 0.250. The molecule has 2 aromatic rings. The minimum atomic E-state index is -0.449. The number of benzene rings is 1. The Hall–Kier alpha value is -1.78. The number of allylic oxidation sites excluding steroid dienone is 1. The number of carbonyl (C=O) groups is 1. The van der Waals surface area contributed by atoms with E-state index in [1.165, 1.54) is 0 Å². The highest BCUT2D eigenvalue weighted by Crippen LogP contribution is 2.16. The second-order valence-corrected chi connectivity index (χ2v) is 5.74. The van der Waals surface area contributed by atoms with Crippen LogP contribution in [-0.4, -0.2) is 17.6 Å². The fourth-order valence-electron chi connectivity index (χ4n) is 2.22. The Morgan fingerprint density at radius 1 is 1.36 bits per heavy atom. The molecule has 1 heterocycles. The van der Waals surface area contributed by atoms with E-state index in [2.05, 4.69) is 4.98 Å². The molecule has 0 fully saturated rings. The van der Waals surface area contributed by atoms with E-state index >= 15 is 0 Å². The van der Waals surface area contributed by atoms with Gasteiger partial charge in [-0.1, -0.05) is 23.2 Å². The van der Waals surface area contributed by atoms with E-state index in [4.69, 9.17) is 27.9 Å². The maximum Gasteiger partial charge on any atom is 0.338 e. The summed E-state index contributed by atoms with van der Waals surface area (Å²) in [4.78, 5) is 27.5. The van der Waals surface area contributed by atoms with Crippen molar-refractivity contribution in [2.24, 2.45) is 0 Å². The van der Waals surface area contributed by atoms with Crippen LogP contribution in [0.1, 0.15) is 28.5 Å². The molecule has 0 unspecified atom stereocenters. The lowest BCUT2D eigenvalue weighted by molar-refractivity contribution is 0.0526. The number of hydrogen-bond acceptors (Lipinski definition) is 3. The van der Waals surface area contributed by atoms with E-state index < -0.39 is 5.97 Å². The number of aryl methyl sites for hydroxylation is 1. The minimum absolute atomic E-state index is 0.110. The second-order valence-electron chi connectivity index (χ2n) is 4.74. The summed E-state index contributed by atoms with van der Waals surface area (Å²) < 4.78 is 5.06. The van der Waals surface area contributed by atoms with Gasteiger partial charge in [0.25, 0.3) is 0 Å². The minimum Gasteiger partial charge on any atom is -0.462 e. The number of esters is 1. The Labute approximate surface area is 137 Å². The molecule has 1 aromatic carbocycles. The van der Waals surface area contributed by atoms with Gasteiger partial charge in [-0.05, 0) is 44.5 Å². The van der Waals surface area contributed by atoms with Crippen molar-refractivity contribution in [3.8, 4) is 0 Å². The van der Waals surface area contributed by atoms with Crippen LogP contribution in [0.5, 0.6) is 0 Å². The molecule has 0 saturated heterocycles. The van der Waals surface area contributed by atoms with Crippen molar-refractivity contribution in [1.82, 2.24) is 4.98 Å². The molecule has 0 aliphatic heterocycles. The van der Waals surface area contributed by atoms with Crippen molar-refractivity contribution in [2.75, 3.05) is 6.61 Å². The zero-order chi connectivity index (χ0) is 16.3. The SMILES string of the molecule is CCOC(=O)c1ccc2[nH]c(C)c(CC=C(Cl)Cl)c(=O)c2c1. The topological polar surface area (TPSA) is 59.2 Å². The Balaban J connectivity index is 2.58. The van der Waals surface area contributed by atoms with Crippen molar-refractivity contribution < 1.29 is 9.53 Å². The Morgan fingerprint density at radius 3 is 2.73 bits per heavy atom. The molecule has 0 saturated carbocycles. The quantitative estimate of drug-likeness (QED) is 0.860. The molecule has 2 rings (SSSR count). The number of aromatic amines is 1. The summed E-state index contributed by atoms with van der Waals surface area (Å²) in [6.45, 7) is 3.83. The van der Waals surface area contributed by atoms with Crippen molar-refractivity contribution >= 4 is 40.1 Å². The van der Waals surface area contributed by atoms with Gasteiger partial charge in [0.2, 0.25) is 0 Å². The molecule has 0 aliphatic carbocycles. The number of aromatic nitrogens is 1. The first-order chi connectivity index (χ1) is 10.4. The van der Waals surface area contributed by atoms with Crippen LogP contribution in [0.15, 0.2) is 33.6 Å². The van der Waals surface area contributed by atoms with Crippen LogP contribution in [0.3, 0.4) is 0 Å². The van der Waals surface area contributed by atoms with Crippen molar-refractivity contribution in [1.29, 1.82) is 0 Å². The third-order valence-corrected chi connectivity index (χ3v) is 3.59. The number of rotatable bonds is 4. The molecule has 116 valence electrons. The maximum atomic E-state index is 12.6. The Morgan fingerprint density at radius 2 is 2.09 bits per heavy atom. The number of halogens is 2. The van der Waals surface area contributed by atoms with Gasteiger partial charge < -0.3 is 9.72 Å². The normalized spacial score (nSPS) is 10.5. The predicted octanol–water partition coefficient (Wildman–Crippen LogP) is 3.87. The van der Waals surface area contributed by atoms with Crippen LogP contribution in [0.2, 0.25) is 0 Å². The van der Waals surface area contributed by atoms with Gasteiger partial charge in [-0.25, -0.2) is 4.79 Å². The summed E-state index contributed by atoms with van der Waals surface area (Å²) >= 11 is 11.2. The lowest BCUT2D eigenvalue weighted by atomic mass is 10.0. The smallest absolute Gasteiger partial charge is 0.338 e. The molecule has 0 bridgehead atoms. The number of ether oxygens (including phenoxy) is 1. The molecule has 6 heteroatoms. The number of hydrogen-bond donors (Lipinski definition) is 1. The highest BCUT2D eigenvalue weighted by Gasteiger charge is 2.12. The molecular formula is C16H15Cl2NO3. The molecule has 0 spiro atoms. The molecule has 4 nitrogen and oxygen atoms in total. The van der Waals surface area contributed by atoms with Gasteiger partial charge in [0.05, 0.1) is 12.2 Å². The van der Waals surface area contributed by atoms with Crippen LogP contribution in [0.4, 0.5) is 0 Å². The van der Waals surface area contributed by atoms with Gasteiger partial charge in [-0.3, -0.25) is 4.79 Å². The first kappa shape index (κ1) is 16.6. The van der Waals surface area contributed by atoms with Gasteiger partial charge in [0.15, 0.2) is 5.43 Å². The monoisotopic (exact) mass is 339 g/mol. The Bertz CT molecular complexity index is 805. The van der Waals surface area contributed by atoms with Crippen LogP contribution in [-0.2, 0) is 11.2 Å². The molecule has 0 aliphatic rings. The first-order valence-electron chi connectivity index (χ1n) is 6.77. The van der Waals surface area contributed by atoms with Crippen molar-refractivity contribution in [3.63, 3.8) is 0 Å². The van der Waals surface area contributed by atoms with Crippen LogP contribution in [0, 0.1) is 6.92 Å². The largest absolute Gasteiger partial charge is 0.462 e. The van der Waals surface area contributed by atoms with E-state index in [1.54, 1.807) is 31.2 Å². The molecule has 1 aromatic heterocycles. The van der Waals surface area contributed by atoms with Crippen molar-refractivity contribution in [2.45, 2.75) is 20.3 Å². The molecule has 0 radical (unpaired) electrons. The van der Waals surface area contributed by atoms with Crippen LogP contribution >= 0.6 is 23.2 Å². The summed E-state index contributed by atoms with van der Waals surface area (Å²) in [5.74, 6) is -0.449. The summed E-state index contributed by atoms with van der Waals surface area (Å²) in [6, 6.07) is 4.87. The fourth-order valence-corrected chi connectivity index (χ4v) is 2.37. The highest BCUT2D eigenvalue weighted by atomic mass is 35.5. The average Bonchev–Trinajstić information content (AvgIpc) is 2.46. The lowest BCUT2D eigenvalue weighted by Crippen LogP contribution is -2.14. The molecule has 1 N–H and O–H groups in total. The third kappa shape index (κ3) is 3.51. The van der Waals surface area contributed by atoms with Gasteiger partial charge in [-0.15, -0.1) is 0 Å². The summed E-state index contributed by atoms with van der Waals surface area (Å²) in [6.07, 6.45) is 1.88. The third-order valence-electron chi connectivity index (χ3n) is 3.28. The van der Waals surface area contributed by atoms with Crippen molar-refractivity contribution in [3.05, 3.63) is 55.8 Å². The second kappa shape index (κ2) is 6.99. The molecule has 22 heavy (non-hydrogen) atoms. The average molecular weight is 340 g/mol. The lowest BCUT2D eigenvalue weighted by Gasteiger charge is -2.08. The van der Waals surface area contributed by atoms with E-state index in [0.717, 1.165) is 5.69 Å². The van der Waals surface area contributed by atoms with E-state index in [1.807, 2.05) is 6.92 Å². The zero-order valence-corrected chi connectivity index (χ0v) is 13.7. The molecule has 0 amide bonds. The molecule has 0 atom stereocenters. The highest BCUT2D eigenvalue weighted by molar-refractivity contribution is 6.55. The van der Waals surface area contributed by atoms with E-state index in [9.17, 15) is 9.59 Å². The zero-order valence-electron chi connectivity index (χ0n) is 12.2. The van der Waals surface area contributed by atoms with Crippen LogP contribution < -0.4 is 5.43 Å².